The lowest BCUT2D eigenvalue weighted by Crippen LogP contribution is -2.31. The molecule has 3 N–H and O–H groups in total. The molecule has 1 aliphatic carbocycles. The zero-order valence-electron chi connectivity index (χ0n) is 9.05. The van der Waals surface area contributed by atoms with E-state index < -0.39 is 0 Å². The summed E-state index contributed by atoms with van der Waals surface area (Å²) in [6.07, 6.45) is 5.14. The van der Waals surface area contributed by atoms with Gasteiger partial charge in [-0.05, 0) is 32.6 Å². The van der Waals surface area contributed by atoms with Gasteiger partial charge < -0.3 is 10.5 Å². The van der Waals surface area contributed by atoms with Crippen molar-refractivity contribution < 1.29 is 4.74 Å². The van der Waals surface area contributed by atoms with Crippen LogP contribution in [0, 0.1) is 6.92 Å². The number of nitrogens with one attached hydrogen (secondary N) is 1. The predicted octanol–water partition coefficient (Wildman–Crippen LogP) is 1.51. The highest BCUT2D eigenvalue weighted by atomic mass is 16.5. The van der Waals surface area contributed by atoms with E-state index in [4.69, 9.17) is 10.5 Å². The second kappa shape index (κ2) is 2.98. The molecule has 0 aromatic carbocycles. The van der Waals surface area contributed by atoms with Crippen LogP contribution in [0.3, 0.4) is 0 Å². The summed E-state index contributed by atoms with van der Waals surface area (Å²) in [6.45, 7) is 2.93. The van der Waals surface area contributed by atoms with Gasteiger partial charge in [-0.1, -0.05) is 0 Å². The molecule has 1 saturated heterocycles. The maximum absolute atomic E-state index is 5.81. The Morgan fingerprint density at radius 1 is 1.53 bits per heavy atom. The summed E-state index contributed by atoms with van der Waals surface area (Å²) in [5.41, 5.74) is 8.33. The van der Waals surface area contributed by atoms with Crippen LogP contribution in [-0.4, -0.2) is 22.9 Å². The SMILES string of the molecule is Cc1c(N)n[nH]c1C12CCCC1OCC2. The van der Waals surface area contributed by atoms with Crippen molar-refractivity contribution in [1.29, 1.82) is 0 Å². The fraction of sp³-hybridized carbons (Fsp3) is 0.727. The van der Waals surface area contributed by atoms with E-state index in [9.17, 15) is 0 Å². The second-order valence-electron chi connectivity index (χ2n) is 4.77. The molecule has 2 aliphatic rings. The molecule has 3 rings (SSSR count). The number of ether oxygens (including phenoxy) is 1. The first-order valence-corrected chi connectivity index (χ1v) is 5.66. The zero-order chi connectivity index (χ0) is 10.5. The van der Waals surface area contributed by atoms with Crippen molar-refractivity contribution in [3.05, 3.63) is 11.3 Å². The number of aromatic nitrogens is 2. The Bertz CT molecular complexity index is 375. The van der Waals surface area contributed by atoms with Gasteiger partial charge in [0.2, 0.25) is 0 Å². The number of H-pyrrole nitrogens is 1. The van der Waals surface area contributed by atoms with Crippen LogP contribution in [0.2, 0.25) is 0 Å². The number of aromatic amines is 1. The Labute approximate surface area is 89.2 Å². The second-order valence-corrected chi connectivity index (χ2v) is 4.77. The predicted molar refractivity (Wildman–Crippen MR) is 57.6 cm³/mol. The first kappa shape index (κ1) is 9.21. The largest absolute Gasteiger partial charge is 0.382 e. The van der Waals surface area contributed by atoms with Crippen molar-refractivity contribution in [1.82, 2.24) is 10.2 Å². The molecule has 1 aliphatic heterocycles. The molecule has 82 valence electrons. The highest BCUT2D eigenvalue weighted by molar-refractivity contribution is 5.45. The first-order valence-electron chi connectivity index (χ1n) is 5.66. The Hall–Kier alpha value is -1.03. The number of rotatable bonds is 1. The van der Waals surface area contributed by atoms with Crippen LogP contribution in [0.5, 0.6) is 0 Å². The molecular formula is C11H17N3O. The molecule has 0 spiro atoms. The first-order chi connectivity index (χ1) is 7.24. The molecule has 2 heterocycles. The summed E-state index contributed by atoms with van der Waals surface area (Å²) in [6, 6.07) is 0. The summed E-state index contributed by atoms with van der Waals surface area (Å²) in [5, 5.41) is 7.24. The van der Waals surface area contributed by atoms with Crippen LogP contribution in [0.1, 0.15) is 36.9 Å². The molecule has 2 unspecified atom stereocenters. The molecule has 1 aromatic heterocycles. The third-order valence-electron chi connectivity index (χ3n) is 4.12. The van der Waals surface area contributed by atoms with Gasteiger partial charge in [0.1, 0.15) is 5.82 Å². The van der Waals surface area contributed by atoms with Gasteiger partial charge in [0, 0.05) is 23.3 Å². The van der Waals surface area contributed by atoms with Gasteiger partial charge in [-0.2, -0.15) is 5.10 Å². The van der Waals surface area contributed by atoms with Gasteiger partial charge in [-0.25, -0.2) is 0 Å². The smallest absolute Gasteiger partial charge is 0.148 e. The Morgan fingerprint density at radius 3 is 3.13 bits per heavy atom. The van der Waals surface area contributed by atoms with E-state index in [0.29, 0.717) is 11.9 Å². The minimum atomic E-state index is 0.189. The van der Waals surface area contributed by atoms with E-state index in [2.05, 4.69) is 17.1 Å². The van der Waals surface area contributed by atoms with Gasteiger partial charge in [0.25, 0.3) is 0 Å². The van der Waals surface area contributed by atoms with Crippen LogP contribution in [-0.2, 0) is 10.2 Å². The number of hydrogen-bond donors (Lipinski definition) is 2. The fourth-order valence-electron chi connectivity index (χ4n) is 3.26. The minimum absolute atomic E-state index is 0.189. The minimum Gasteiger partial charge on any atom is -0.382 e. The zero-order valence-corrected chi connectivity index (χ0v) is 9.05. The number of fused-ring (bicyclic) bond motifs is 1. The van der Waals surface area contributed by atoms with Crippen LogP contribution in [0.4, 0.5) is 5.82 Å². The Balaban J connectivity index is 2.08. The topological polar surface area (TPSA) is 63.9 Å². The molecule has 1 aromatic rings. The Morgan fingerprint density at radius 2 is 2.40 bits per heavy atom. The van der Waals surface area contributed by atoms with Gasteiger partial charge in [0.15, 0.2) is 0 Å². The molecule has 1 saturated carbocycles. The molecule has 0 amide bonds. The standard InChI is InChI=1S/C11H17N3O/c1-7-9(13-14-10(7)12)11-4-2-3-8(11)15-6-5-11/h8H,2-6H2,1H3,(H3,12,13,14). The van der Waals surface area contributed by atoms with Gasteiger partial charge in [-0.15, -0.1) is 0 Å². The summed E-state index contributed by atoms with van der Waals surface area (Å²) < 4.78 is 5.81. The van der Waals surface area contributed by atoms with Crippen LogP contribution < -0.4 is 5.73 Å². The Kier molecular flexibility index (Phi) is 1.83. The molecule has 4 nitrogen and oxygen atoms in total. The van der Waals surface area contributed by atoms with Crippen LogP contribution in [0.15, 0.2) is 0 Å². The number of nitrogens with zero attached hydrogens (tertiary/aromatic N) is 1. The third-order valence-corrected chi connectivity index (χ3v) is 4.12. The van der Waals surface area contributed by atoms with E-state index in [1.54, 1.807) is 0 Å². The number of nitrogens with two attached hydrogens (primary N) is 1. The molecular weight excluding hydrogens is 190 g/mol. The molecule has 0 bridgehead atoms. The average Bonchev–Trinajstić information content (AvgIpc) is 2.82. The highest BCUT2D eigenvalue weighted by Gasteiger charge is 2.50. The number of hydrogen-bond acceptors (Lipinski definition) is 3. The lowest BCUT2D eigenvalue weighted by molar-refractivity contribution is 0.0924. The van der Waals surface area contributed by atoms with E-state index >= 15 is 0 Å². The molecule has 2 fully saturated rings. The van der Waals surface area contributed by atoms with Gasteiger partial charge >= 0.3 is 0 Å². The molecule has 0 radical (unpaired) electrons. The summed E-state index contributed by atoms with van der Waals surface area (Å²) in [5.74, 6) is 0.636. The van der Waals surface area contributed by atoms with E-state index in [0.717, 1.165) is 18.6 Å². The fourth-order valence-corrected chi connectivity index (χ4v) is 3.26. The van der Waals surface area contributed by atoms with Gasteiger partial charge in [0.05, 0.1) is 6.10 Å². The maximum Gasteiger partial charge on any atom is 0.148 e. The van der Waals surface area contributed by atoms with Crippen LogP contribution >= 0.6 is 0 Å². The molecule has 2 atom stereocenters. The summed E-state index contributed by atoms with van der Waals surface area (Å²) >= 11 is 0. The highest BCUT2D eigenvalue weighted by Crippen LogP contribution is 2.49. The van der Waals surface area contributed by atoms with Crippen molar-refractivity contribution in [3.8, 4) is 0 Å². The quantitative estimate of drug-likeness (QED) is 0.733. The maximum atomic E-state index is 5.81. The number of anilines is 1. The van der Waals surface area contributed by atoms with E-state index in [1.165, 1.54) is 25.0 Å². The normalized spacial score (nSPS) is 34.6. The average molecular weight is 207 g/mol. The number of nitrogen functional groups attached to an aromatic ring is 1. The van der Waals surface area contributed by atoms with Crippen molar-refractivity contribution in [2.45, 2.75) is 44.1 Å². The van der Waals surface area contributed by atoms with Crippen molar-refractivity contribution >= 4 is 5.82 Å². The third kappa shape index (κ3) is 1.08. The van der Waals surface area contributed by atoms with E-state index in [-0.39, 0.29) is 5.41 Å². The van der Waals surface area contributed by atoms with Crippen molar-refractivity contribution in [2.75, 3.05) is 12.3 Å². The van der Waals surface area contributed by atoms with Crippen molar-refractivity contribution in [3.63, 3.8) is 0 Å². The van der Waals surface area contributed by atoms with E-state index in [1.807, 2.05) is 0 Å². The summed E-state index contributed by atoms with van der Waals surface area (Å²) in [7, 11) is 0. The van der Waals surface area contributed by atoms with Crippen molar-refractivity contribution in [2.24, 2.45) is 0 Å². The van der Waals surface area contributed by atoms with Gasteiger partial charge in [-0.3, -0.25) is 5.10 Å². The lowest BCUT2D eigenvalue weighted by Gasteiger charge is -2.26. The summed E-state index contributed by atoms with van der Waals surface area (Å²) in [4.78, 5) is 0. The monoisotopic (exact) mass is 207 g/mol. The molecule has 15 heavy (non-hydrogen) atoms. The molecule has 4 heteroatoms. The lowest BCUT2D eigenvalue weighted by atomic mass is 9.78. The van der Waals surface area contributed by atoms with Crippen LogP contribution in [0.25, 0.3) is 0 Å².